The number of nitrogens with two attached hydrogens (primary N) is 1. The van der Waals surface area contributed by atoms with E-state index in [1.807, 2.05) is 30.3 Å². The molecule has 3 aliphatic rings. The van der Waals surface area contributed by atoms with Gasteiger partial charge in [0.1, 0.15) is 23.2 Å². The van der Waals surface area contributed by atoms with Crippen LogP contribution in [0.1, 0.15) is 113 Å². The molecule has 0 spiro atoms. The van der Waals surface area contributed by atoms with Gasteiger partial charge in [-0.15, -0.1) is 0 Å². The Kier molecular flexibility index (Phi) is 12.0. The molecule has 2 heterocycles. The minimum Gasteiger partial charge on any atom is -0.384 e. The van der Waals surface area contributed by atoms with E-state index in [1.165, 1.54) is 4.90 Å². The lowest BCUT2D eigenvalue weighted by molar-refractivity contribution is -0.146. The number of hydrogen-bond acceptors (Lipinski definition) is 8. The third kappa shape index (κ3) is 9.07. The molecule has 6 rings (SSSR count). The van der Waals surface area contributed by atoms with Crippen LogP contribution in [0.3, 0.4) is 0 Å². The maximum atomic E-state index is 15.0. The zero-order chi connectivity index (χ0) is 39.3. The third-order valence-electron chi connectivity index (χ3n) is 11.6. The van der Waals surface area contributed by atoms with Gasteiger partial charge in [0, 0.05) is 24.7 Å². The van der Waals surface area contributed by atoms with Crippen molar-refractivity contribution >= 4 is 46.1 Å². The Morgan fingerprint density at radius 3 is 2.33 bits per heavy atom. The largest absolute Gasteiger partial charge is 0.384 e. The molecular formula is C41H53N7O7. The number of fused-ring (bicyclic) bond motifs is 1. The van der Waals surface area contributed by atoms with E-state index in [4.69, 9.17) is 5.73 Å². The summed E-state index contributed by atoms with van der Waals surface area (Å²) < 4.78 is 1.64. The maximum absolute atomic E-state index is 15.0. The van der Waals surface area contributed by atoms with Crippen molar-refractivity contribution in [3.8, 4) is 0 Å². The van der Waals surface area contributed by atoms with Crippen molar-refractivity contribution in [2.45, 2.75) is 120 Å². The Balaban J connectivity index is 1.32. The predicted octanol–water partition coefficient (Wildman–Crippen LogP) is 3.16. The standard InChI is InChI=1S/C41H53N7O7/c1-40(2,55)33-17-20-44-48(33)30-23-32(37(52)46-41(18-9-4-10-19-41)35(50)38(53)43-24-34(42)49)47(25-30)39(54)31(21-26-11-5-3-6-12-26)45-36(51)29-16-15-27-13-7-8-14-28(27)22-29/h7-8,13-17,20,22,26,30-32,55H,3-6,9-12,18-19,21,23-25H2,1-2H3,(H2,42,49)(H,43,53)(H,45,51)(H,46,52)/t30-,31+,32-/m0/s1. The molecule has 6 N–H and O–H groups in total. The van der Waals surface area contributed by atoms with Gasteiger partial charge in [-0.25, -0.2) is 0 Å². The van der Waals surface area contributed by atoms with E-state index in [0.29, 0.717) is 30.5 Å². The molecule has 0 bridgehead atoms. The van der Waals surface area contributed by atoms with Gasteiger partial charge in [-0.05, 0) is 68.0 Å². The highest BCUT2D eigenvalue weighted by Gasteiger charge is 2.49. The number of likely N-dealkylation sites (tertiary alicyclic amines) is 1. The molecule has 1 aromatic heterocycles. The van der Waals surface area contributed by atoms with E-state index >= 15 is 0 Å². The van der Waals surface area contributed by atoms with Gasteiger partial charge >= 0.3 is 0 Å². The van der Waals surface area contributed by atoms with E-state index in [0.717, 1.165) is 49.3 Å². The quantitative estimate of drug-likeness (QED) is 0.164. The topological polar surface area (TPSA) is 206 Å². The Labute approximate surface area is 320 Å². The number of aromatic nitrogens is 2. The van der Waals surface area contributed by atoms with E-state index in [9.17, 15) is 33.9 Å². The molecule has 5 amide bonds. The van der Waals surface area contributed by atoms with Gasteiger partial charge in [-0.3, -0.25) is 33.4 Å². The fraction of sp³-hybridized carbons (Fsp3) is 0.537. The first kappa shape index (κ1) is 39.6. The van der Waals surface area contributed by atoms with Crippen LogP contribution in [0, 0.1) is 5.92 Å². The van der Waals surface area contributed by atoms with E-state index in [2.05, 4.69) is 21.0 Å². The molecule has 0 unspecified atom stereocenters. The van der Waals surface area contributed by atoms with Crippen LogP contribution >= 0.6 is 0 Å². The smallest absolute Gasteiger partial charge is 0.290 e. The summed E-state index contributed by atoms with van der Waals surface area (Å²) in [5.74, 6) is -3.95. The number of amides is 5. The van der Waals surface area contributed by atoms with Gasteiger partial charge in [-0.1, -0.05) is 81.7 Å². The Morgan fingerprint density at radius 1 is 0.945 bits per heavy atom. The van der Waals surface area contributed by atoms with Crippen molar-refractivity contribution < 1.29 is 33.9 Å². The molecule has 3 aromatic rings. The number of benzene rings is 2. The number of primary amides is 1. The van der Waals surface area contributed by atoms with E-state index in [1.54, 1.807) is 42.9 Å². The first-order valence-electron chi connectivity index (χ1n) is 19.6. The lowest BCUT2D eigenvalue weighted by Crippen LogP contribution is -2.63. The highest BCUT2D eigenvalue weighted by atomic mass is 16.3. The molecule has 14 heteroatoms. The number of nitrogens with zero attached hydrogens (tertiary/aromatic N) is 3. The molecule has 1 saturated heterocycles. The molecule has 0 radical (unpaired) electrons. The van der Waals surface area contributed by atoms with Crippen LogP contribution < -0.4 is 21.7 Å². The zero-order valence-electron chi connectivity index (χ0n) is 31.7. The molecule has 14 nitrogen and oxygen atoms in total. The van der Waals surface area contributed by atoms with Gasteiger partial charge in [0.15, 0.2) is 0 Å². The summed E-state index contributed by atoms with van der Waals surface area (Å²) in [6.07, 6.45) is 9.47. The molecule has 2 aromatic carbocycles. The summed E-state index contributed by atoms with van der Waals surface area (Å²) in [6, 6.07) is 12.2. The molecule has 1 aliphatic heterocycles. The second-order valence-corrected chi connectivity index (χ2v) is 16.1. The molecule has 3 atom stereocenters. The molecule has 55 heavy (non-hydrogen) atoms. The lowest BCUT2D eigenvalue weighted by atomic mass is 9.77. The van der Waals surface area contributed by atoms with Crippen LogP contribution in [0.15, 0.2) is 54.7 Å². The normalized spacial score (nSPS) is 20.7. The fourth-order valence-electron chi connectivity index (χ4n) is 8.67. The van der Waals surface area contributed by atoms with Crippen LogP contribution in [0.2, 0.25) is 0 Å². The molecular weight excluding hydrogens is 702 g/mol. The number of Topliss-reactive ketones (excluding diaryl/α,β-unsaturated/α-hetero) is 1. The SMILES string of the molecule is CC(C)(O)c1ccnn1[C@H]1C[C@@H](C(=O)NC2(C(=O)C(=O)NCC(N)=O)CCCCC2)N(C(=O)[C@@H](CC2CCCCC2)NC(=O)c2ccc3ccccc3c2)C1. The average molecular weight is 756 g/mol. The van der Waals surface area contributed by atoms with Crippen LogP contribution in [0.4, 0.5) is 0 Å². The number of nitrogens with one attached hydrogen (secondary N) is 3. The van der Waals surface area contributed by atoms with Crippen LogP contribution in [-0.2, 0) is 29.6 Å². The van der Waals surface area contributed by atoms with Gasteiger partial charge in [0.05, 0.1) is 18.3 Å². The van der Waals surface area contributed by atoms with Crippen LogP contribution in [0.5, 0.6) is 0 Å². The minimum absolute atomic E-state index is 0.0503. The van der Waals surface area contributed by atoms with Crippen LogP contribution in [-0.4, -0.2) is 85.8 Å². The highest BCUT2D eigenvalue weighted by Crippen LogP contribution is 2.35. The van der Waals surface area contributed by atoms with Gasteiger partial charge in [0.2, 0.25) is 23.5 Å². The van der Waals surface area contributed by atoms with Gasteiger partial charge in [-0.2, -0.15) is 5.10 Å². The molecule has 2 saturated carbocycles. The summed E-state index contributed by atoms with van der Waals surface area (Å²) in [6.45, 7) is 2.79. The second kappa shape index (κ2) is 16.7. The summed E-state index contributed by atoms with van der Waals surface area (Å²) in [4.78, 5) is 83.0. The fourth-order valence-corrected chi connectivity index (χ4v) is 8.67. The number of carbonyl (C=O) groups is 6. The number of aliphatic hydroxyl groups is 1. The average Bonchev–Trinajstić information content (AvgIpc) is 3.86. The predicted molar refractivity (Wildman–Crippen MR) is 204 cm³/mol. The zero-order valence-corrected chi connectivity index (χ0v) is 31.7. The maximum Gasteiger partial charge on any atom is 0.290 e. The van der Waals surface area contributed by atoms with Gasteiger partial charge in [0.25, 0.3) is 11.8 Å². The third-order valence-corrected chi connectivity index (χ3v) is 11.6. The second-order valence-electron chi connectivity index (χ2n) is 16.1. The lowest BCUT2D eigenvalue weighted by Gasteiger charge is -2.38. The molecule has 3 fully saturated rings. The molecule has 294 valence electrons. The Hall–Kier alpha value is -5.11. The summed E-state index contributed by atoms with van der Waals surface area (Å²) in [5.41, 5.74) is 3.29. The summed E-state index contributed by atoms with van der Waals surface area (Å²) in [7, 11) is 0. The van der Waals surface area contributed by atoms with Crippen LogP contribution in [0.25, 0.3) is 10.8 Å². The number of hydrogen-bond donors (Lipinski definition) is 5. The van der Waals surface area contributed by atoms with Crippen molar-refractivity contribution in [1.82, 2.24) is 30.6 Å². The summed E-state index contributed by atoms with van der Waals surface area (Å²) in [5, 5.41) is 25.6. The van der Waals surface area contributed by atoms with Gasteiger partial charge < -0.3 is 31.7 Å². The number of ketones is 1. The number of carbonyl (C=O) groups excluding carboxylic acids is 6. The van der Waals surface area contributed by atoms with Crippen molar-refractivity contribution in [2.75, 3.05) is 13.1 Å². The van der Waals surface area contributed by atoms with E-state index < -0.39 is 71.1 Å². The first-order valence-corrected chi connectivity index (χ1v) is 19.6. The molecule has 2 aliphatic carbocycles. The first-order chi connectivity index (χ1) is 26.3. The van der Waals surface area contributed by atoms with Crippen molar-refractivity contribution in [3.63, 3.8) is 0 Å². The summed E-state index contributed by atoms with van der Waals surface area (Å²) >= 11 is 0. The minimum atomic E-state index is -1.54. The Bertz CT molecular complexity index is 1920. The Morgan fingerprint density at radius 2 is 1.64 bits per heavy atom. The highest BCUT2D eigenvalue weighted by molar-refractivity contribution is 6.40. The van der Waals surface area contributed by atoms with Crippen molar-refractivity contribution in [3.05, 3.63) is 66.0 Å². The number of rotatable bonds is 13. The van der Waals surface area contributed by atoms with E-state index in [-0.39, 0.29) is 31.7 Å². The van der Waals surface area contributed by atoms with Crippen molar-refractivity contribution in [1.29, 1.82) is 0 Å². The van der Waals surface area contributed by atoms with Crippen molar-refractivity contribution in [2.24, 2.45) is 11.7 Å². The monoisotopic (exact) mass is 755 g/mol.